The van der Waals surface area contributed by atoms with Crippen LogP contribution in [-0.2, 0) is 9.53 Å². The van der Waals surface area contributed by atoms with Gasteiger partial charge < -0.3 is 9.94 Å². The van der Waals surface area contributed by atoms with E-state index in [0.29, 0.717) is 5.92 Å². The second kappa shape index (κ2) is 2.91. The summed E-state index contributed by atoms with van der Waals surface area (Å²) in [4.78, 5) is 24.7. The highest BCUT2D eigenvalue weighted by Crippen LogP contribution is 2.95. The summed E-state index contributed by atoms with van der Waals surface area (Å²) in [5.74, 6) is 1.39. The Hall–Kier alpha value is -1.60. The van der Waals surface area contributed by atoms with E-state index in [0.717, 1.165) is 11.0 Å². The number of carbonyl (C=O) groups is 2. The van der Waals surface area contributed by atoms with Crippen LogP contribution in [0.25, 0.3) is 0 Å². The van der Waals surface area contributed by atoms with Gasteiger partial charge in [-0.05, 0) is 44.4 Å². The lowest BCUT2D eigenvalue weighted by Gasteiger charge is -2.47. The molecule has 2 bridgehead atoms. The van der Waals surface area contributed by atoms with Crippen LogP contribution >= 0.6 is 0 Å². The fourth-order valence-corrected chi connectivity index (χ4v) is 6.38. The number of hydrazine groups is 1. The van der Waals surface area contributed by atoms with Gasteiger partial charge in [0.1, 0.15) is 5.60 Å². The lowest BCUT2D eigenvalue weighted by Crippen LogP contribution is -2.74. The van der Waals surface area contributed by atoms with Gasteiger partial charge >= 0.3 is 12.0 Å². The third-order valence-electron chi connectivity index (χ3n) is 7.13. The van der Waals surface area contributed by atoms with E-state index in [1.54, 1.807) is 20.8 Å². The van der Waals surface area contributed by atoms with E-state index in [4.69, 9.17) is 4.74 Å². The molecule has 7 heteroatoms. The number of ether oxygens (including phenoxy) is 1. The van der Waals surface area contributed by atoms with Gasteiger partial charge in [0, 0.05) is 5.92 Å². The van der Waals surface area contributed by atoms with Gasteiger partial charge in [0.2, 0.25) is 0 Å². The average molecular weight is 317 g/mol. The maximum atomic E-state index is 13.4. The van der Waals surface area contributed by atoms with E-state index in [2.05, 4.69) is 17.6 Å². The van der Waals surface area contributed by atoms with Crippen LogP contribution in [0.5, 0.6) is 0 Å². The molecule has 7 nitrogen and oxygen atoms in total. The number of hydrogen-bond acceptors (Lipinski definition) is 4. The second-order valence-corrected chi connectivity index (χ2v) is 9.01. The summed E-state index contributed by atoms with van der Waals surface area (Å²) in [6.45, 7) is 5.23. The first-order valence-corrected chi connectivity index (χ1v) is 8.33. The summed E-state index contributed by atoms with van der Waals surface area (Å²) in [5, 5.41) is 14.3. The lowest BCUT2D eigenvalue weighted by atomic mass is 9.63. The van der Waals surface area contributed by atoms with E-state index < -0.39 is 22.0 Å². The van der Waals surface area contributed by atoms with Crippen molar-refractivity contribution in [3.05, 3.63) is 17.4 Å². The molecule has 0 aromatic carbocycles. The molecule has 2 aliphatic heterocycles. The second-order valence-electron chi connectivity index (χ2n) is 9.01. The van der Waals surface area contributed by atoms with Crippen LogP contribution in [-0.4, -0.2) is 39.1 Å². The fraction of sp³-hybridized carbons (Fsp3) is 0.750. The minimum Gasteiger partial charge on any atom is -0.603 e. The van der Waals surface area contributed by atoms with Crippen molar-refractivity contribution in [1.29, 1.82) is 0 Å². The van der Waals surface area contributed by atoms with Crippen LogP contribution in [0.2, 0.25) is 0 Å². The van der Waals surface area contributed by atoms with Crippen LogP contribution in [0.3, 0.4) is 0 Å². The molecule has 4 unspecified atom stereocenters. The molecular weight excluding hydrogens is 298 g/mol. The molecule has 8 atom stereocenters. The largest absolute Gasteiger partial charge is 0.603 e. The Morgan fingerprint density at radius 2 is 2.22 bits per heavy atom. The zero-order chi connectivity index (χ0) is 16.2. The minimum absolute atomic E-state index is 0.0710. The standard InChI is InChI=1S/C16H19N3O4/c1-14(2,3)23-13(21)17-18-12(20)16-9-5-4-7(11(16)19(16,18)22)10-8-6-15(8,9)10/h4-5,7-11H,6H2,1-3H3,(H,17,21)/t7?,8-,9?,10?,11+,15+,16+,19?/m1/s1. The maximum Gasteiger partial charge on any atom is 0.430 e. The fourth-order valence-electron chi connectivity index (χ4n) is 6.38. The van der Waals surface area contributed by atoms with Gasteiger partial charge in [-0.15, -0.1) is 0 Å². The van der Waals surface area contributed by atoms with Crippen molar-refractivity contribution in [3.8, 4) is 0 Å². The number of nitrogens with one attached hydrogen (secondary N) is 1. The van der Waals surface area contributed by atoms with Gasteiger partial charge in [-0.2, -0.15) is 5.43 Å². The molecule has 5 aliphatic carbocycles. The highest BCUT2D eigenvalue weighted by atomic mass is 16.7. The molecule has 5 fully saturated rings. The van der Waals surface area contributed by atoms with Gasteiger partial charge in [0.05, 0.1) is 5.92 Å². The summed E-state index contributed by atoms with van der Waals surface area (Å²) in [7, 11) is 0. The molecule has 0 radical (unpaired) electrons. The Morgan fingerprint density at radius 3 is 2.87 bits per heavy atom. The summed E-state index contributed by atoms with van der Waals surface area (Å²) in [6, 6.07) is -0.233. The van der Waals surface area contributed by atoms with Crippen LogP contribution in [0.4, 0.5) is 4.79 Å². The molecule has 7 rings (SSSR count). The van der Waals surface area contributed by atoms with Crippen molar-refractivity contribution < 1.29 is 19.1 Å². The number of rotatable bonds is 1. The summed E-state index contributed by atoms with van der Waals surface area (Å²) < 4.78 is 4.48. The smallest absolute Gasteiger partial charge is 0.430 e. The van der Waals surface area contributed by atoms with Gasteiger partial charge in [0.15, 0.2) is 6.04 Å². The van der Waals surface area contributed by atoms with Crippen LogP contribution in [0.1, 0.15) is 27.2 Å². The third-order valence-corrected chi connectivity index (χ3v) is 7.13. The quantitative estimate of drug-likeness (QED) is 0.339. The maximum absolute atomic E-state index is 13.4. The van der Waals surface area contributed by atoms with E-state index in [1.165, 1.54) is 6.42 Å². The molecule has 2 saturated heterocycles. The molecule has 2 spiro atoms. The minimum atomic E-state index is -0.837. The molecule has 2 heterocycles. The third kappa shape index (κ3) is 0.970. The van der Waals surface area contributed by atoms with E-state index in [-0.39, 0.29) is 29.2 Å². The Morgan fingerprint density at radius 1 is 1.48 bits per heavy atom. The molecule has 2 amide bonds. The summed E-state index contributed by atoms with van der Waals surface area (Å²) in [6.07, 6.45) is 4.69. The predicted octanol–water partition coefficient (Wildman–Crippen LogP) is 1.07. The van der Waals surface area contributed by atoms with Crippen molar-refractivity contribution in [2.24, 2.45) is 29.1 Å². The van der Waals surface area contributed by atoms with Crippen molar-refractivity contribution in [2.45, 2.75) is 44.4 Å². The Kier molecular flexibility index (Phi) is 1.61. The molecule has 122 valence electrons. The van der Waals surface area contributed by atoms with E-state index in [9.17, 15) is 14.8 Å². The van der Waals surface area contributed by atoms with Crippen LogP contribution in [0.15, 0.2) is 12.2 Å². The number of carbonyl (C=O) groups excluding carboxylic acids is 2. The highest BCUT2D eigenvalue weighted by molar-refractivity contribution is 5.96. The number of nitrogens with zero attached hydrogens (tertiary/aromatic N) is 2. The first kappa shape index (κ1) is 12.8. The number of hydrogen-bond donors (Lipinski definition) is 1. The SMILES string of the molecule is CC(C)(C)OC(=O)NN1C(=O)[C@]23C4C=CC(C5[C@H]6C[C@@]546)[C@@H]2[N+]13[O-]. The van der Waals surface area contributed by atoms with Crippen molar-refractivity contribution in [2.75, 3.05) is 0 Å². The first-order chi connectivity index (χ1) is 10.7. The lowest BCUT2D eigenvalue weighted by molar-refractivity contribution is -0.934. The highest BCUT2D eigenvalue weighted by Gasteiger charge is 3.07. The molecule has 23 heavy (non-hydrogen) atoms. The normalized spacial score (nSPS) is 58.3. The Balaban J connectivity index is 1.30. The molecule has 3 saturated carbocycles. The predicted molar refractivity (Wildman–Crippen MR) is 76.5 cm³/mol. The molecule has 7 aliphatic rings. The van der Waals surface area contributed by atoms with E-state index in [1.807, 2.05) is 0 Å². The van der Waals surface area contributed by atoms with Crippen molar-refractivity contribution >= 4 is 12.0 Å². The van der Waals surface area contributed by atoms with Gasteiger partial charge in [0.25, 0.3) is 5.54 Å². The topological polar surface area (TPSA) is 81.7 Å². The van der Waals surface area contributed by atoms with Crippen LogP contribution < -0.4 is 5.43 Å². The van der Waals surface area contributed by atoms with Crippen molar-refractivity contribution in [3.63, 3.8) is 0 Å². The Labute approximate surface area is 133 Å². The monoisotopic (exact) mass is 317 g/mol. The number of amides is 2. The van der Waals surface area contributed by atoms with E-state index >= 15 is 0 Å². The summed E-state index contributed by atoms with van der Waals surface area (Å²) in [5.41, 5.74) is 1.14. The first-order valence-electron chi connectivity index (χ1n) is 8.33. The molecule has 1 N–H and O–H groups in total. The van der Waals surface area contributed by atoms with Crippen LogP contribution in [0, 0.1) is 34.3 Å². The van der Waals surface area contributed by atoms with Gasteiger partial charge in [-0.1, -0.05) is 17.3 Å². The zero-order valence-corrected chi connectivity index (χ0v) is 13.3. The zero-order valence-electron chi connectivity index (χ0n) is 13.3. The van der Waals surface area contributed by atoms with Crippen molar-refractivity contribution in [1.82, 2.24) is 10.5 Å². The molecule has 0 aromatic heterocycles. The summed E-state index contributed by atoms with van der Waals surface area (Å²) >= 11 is 0. The Bertz CT molecular complexity index is 744. The average Bonchev–Trinajstić information content (AvgIpc) is 3.32. The number of hydroxylamine groups is 2. The van der Waals surface area contributed by atoms with Gasteiger partial charge in [-0.25, -0.2) is 9.55 Å². The molecular formula is C16H19N3O4. The molecule has 0 aromatic rings. The number of quaternary nitrogens is 1. The van der Waals surface area contributed by atoms with Gasteiger partial charge in [-0.3, -0.25) is 4.79 Å².